The first kappa shape index (κ1) is 19.9. The van der Waals surface area contributed by atoms with Gasteiger partial charge in [-0.25, -0.2) is 4.79 Å². The first-order valence-corrected chi connectivity index (χ1v) is 8.16. The van der Waals surface area contributed by atoms with E-state index in [1.807, 2.05) is 36.4 Å². The van der Waals surface area contributed by atoms with Crippen molar-refractivity contribution in [1.82, 2.24) is 5.32 Å². The molecule has 142 valence electrons. The summed E-state index contributed by atoms with van der Waals surface area (Å²) in [7, 11) is 0. The zero-order chi connectivity index (χ0) is 19.8. The molecule has 3 rings (SSSR count). The standard InChI is InChI=1S/C17H15NO4.C2H5NO2/c19-16(20)9-18-17(21)22-10-15-13-7-3-1-5-11(13)12-6-2-4-8-14(12)15;3-1-2(4)5/h1-8,15H,9-10H2,(H,18,21)(H,19,20);1,3H2,(H,4,5). The maximum atomic E-state index is 11.5. The SMILES string of the molecule is NCC(=O)O.O=C(O)CNC(=O)OCC1c2ccccc2-c2ccccc21. The van der Waals surface area contributed by atoms with Crippen LogP contribution in [0.2, 0.25) is 0 Å². The minimum atomic E-state index is -1.10. The maximum Gasteiger partial charge on any atom is 0.407 e. The van der Waals surface area contributed by atoms with E-state index in [1.54, 1.807) is 0 Å². The number of ether oxygens (including phenoxy) is 1. The number of nitrogens with two attached hydrogens (primary N) is 1. The minimum Gasteiger partial charge on any atom is -0.480 e. The first-order valence-electron chi connectivity index (χ1n) is 8.16. The fourth-order valence-corrected chi connectivity index (χ4v) is 2.80. The van der Waals surface area contributed by atoms with Crippen LogP contribution in [0.15, 0.2) is 48.5 Å². The van der Waals surface area contributed by atoms with Gasteiger partial charge >= 0.3 is 18.0 Å². The number of nitrogens with one attached hydrogen (secondary N) is 1. The van der Waals surface area contributed by atoms with Crippen LogP contribution >= 0.6 is 0 Å². The number of fused-ring (bicyclic) bond motifs is 3. The summed E-state index contributed by atoms with van der Waals surface area (Å²) in [6.07, 6.45) is -0.718. The molecular weight excluding hydrogens is 352 g/mol. The van der Waals surface area contributed by atoms with E-state index >= 15 is 0 Å². The van der Waals surface area contributed by atoms with Crippen molar-refractivity contribution in [2.75, 3.05) is 19.7 Å². The molecule has 8 heteroatoms. The second kappa shape index (κ2) is 9.35. The van der Waals surface area contributed by atoms with Gasteiger partial charge in [-0.05, 0) is 22.3 Å². The highest BCUT2D eigenvalue weighted by atomic mass is 16.5. The Labute approximate surface area is 155 Å². The van der Waals surface area contributed by atoms with Crippen molar-refractivity contribution in [1.29, 1.82) is 0 Å². The Balaban J connectivity index is 0.000000465. The summed E-state index contributed by atoms with van der Waals surface area (Å²) in [4.78, 5) is 31.2. The van der Waals surface area contributed by atoms with Crippen molar-refractivity contribution in [3.05, 3.63) is 59.7 Å². The van der Waals surface area contributed by atoms with Crippen LogP contribution in [-0.4, -0.2) is 47.9 Å². The number of alkyl carbamates (subject to hydrolysis) is 1. The van der Waals surface area contributed by atoms with Crippen LogP contribution in [0.1, 0.15) is 17.0 Å². The number of carbonyl (C=O) groups is 3. The van der Waals surface area contributed by atoms with Crippen LogP contribution in [0, 0.1) is 0 Å². The van der Waals surface area contributed by atoms with E-state index in [-0.39, 0.29) is 19.1 Å². The van der Waals surface area contributed by atoms with Crippen LogP contribution in [0.5, 0.6) is 0 Å². The quantitative estimate of drug-likeness (QED) is 0.625. The van der Waals surface area contributed by atoms with E-state index in [1.165, 1.54) is 0 Å². The lowest BCUT2D eigenvalue weighted by molar-refractivity contribution is -0.136. The van der Waals surface area contributed by atoms with Crippen molar-refractivity contribution in [3.63, 3.8) is 0 Å². The van der Waals surface area contributed by atoms with Gasteiger partial charge in [0.05, 0.1) is 6.54 Å². The van der Waals surface area contributed by atoms with Gasteiger partial charge in [-0.3, -0.25) is 9.59 Å². The topological polar surface area (TPSA) is 139 Å². The molecule has 0 radical (unpaired) electrons. The Hall–Kier alpha value is -3.39. The Morgan fingerprint density at radius 3 is 1.85 bits per heavy atom. The molecule has 5 N–H and O–H groups in total. The molecule has 8 nitrogen and oxygen atoms in total. The summed E-state index contributed by atoms with van der Waals surface area (Å²) < 4.78 is 5.18. The lowest BCUT2D eigenvalue weighted by Gasteiger charge is -2.14. The van der Waals surface area contributed by atoms with Crippen molar-refractivity contribution in [2.24, 2.45) is 5.73 Å². The van der Waals surface area contributed by atoms with Crippen molar-refractivity contribution in [2.45, 2.75) is 5.92 Å². The van der Waals surface area contributed by atoms with E-state index in [9.17, 15) is 14.4 Å². The predicted molar refractivity (Wildman–Crippen MR) is 97.4 cm³/mol. The number of hydrogen-bond donors (Lipinski definition) is 4. The van der Waals surface area contributed by atoms with Gasteiger partial charge in [-0.1, -0.05) is 48.5 Å². The molecular formula is C19H20N2O6. The summed E-state index contributed by atoms with van der Waals surface area (Å²) in [5, 5.41) is 18.3. The normalized spacial score (nSPS) is 11.4. The fourth-order valence-electron chi connectivity index (χ4n) is 2.80. The van der Waals surface area contributed by atoms with Gasteiger partial charge in [-0.2, -0.15) is 0 Å². The molecule has 0 atom stereocenters. The summed E-state index contributed by atoms with van der Waals surface area (Å²) in [6.45, 7) is -0.545. The van der Waals surface area contributed by atoms with Gasteiger partial charge in [0, 0.05) is 5.92 Å². The smallest absolute Gasteiger partial charge is 0.407 e. The Bertz CT molecular complexity index is 791. The number of carbonyl (C=O) groups excluding carboxylic acids is 1. The van der Waals surface area contributed by atoms with Crippen LogP contribution in [0.4, 0.5) is 4.79 Å². The third kappa shape index (κ3) is 5.29. The molecule has 27 heavy (non-hydrogen) atoms. The van der Waals surface area contributed by atoms with Gasteiger partial charge in [0.15, 0.2) is 0 Å². The third-order valence-electron chi connectivity index (χ3n) is 3.90. The van der Waals surface area contributed by atoms with Crippen LogP contribution in [0.3, 0.4) is 0 Å². The molecule has 0 aliphatic heterocycles. The summed E-state index contributed by atoms with van der Waals surface area (Å²) in [5.41, 5.74) is 9.11. The number of amides is 1. The van der Waals surface area contributed by atoms with Crippen molar-refractivity contribution in [3.8, 4) is 11.1 Å². The lowest BCUT2D eigenvalue weighted by Crippen LogP contribution is -2.30. The molecule has 0 aromatic heterocycles. The van der Waals surface area contributed by atoms with E-state index < -0.39 is 24.6 Å². The van der Waals surface area contributed by atoms with Crippen molar-refractivity contribution >= 4 is 18.0 Å². The van der Waals surface area contributed by atoms with E-state index in [2.05, 4.69) is 23.2 Å². The Kier molecular flexibility index (Phi) is 6.90. The van der Waals surface area contributed by atoms with Gasteiger partial charge < -0.3 is 26.0 Å². The second-order valence-corrected chi connectivity index (χ2v) is 5.67. The van der Waals surface area contributed by atoms with Crippen LogP contribution in [-0.2, 0) is 14.3 Å². The number of hydrogen-bond acceptors (Lipinski definition) is 5. The number of carboxylic acid groups (broad SMARTS) is 2. The average Bonchev–Trinajstić information content (AvgIpc) is 2.99. The predicted octanol–water partition coefficient (Wildman–Crippen LogP) is 1.64. The summed E-state index contributed by atoms with van der Waals surface area (Å²) >= 11 is 0. The molecule has 1 aliphatic carbocycles. The fraction of sp³-hybridized carbons (Fsp3) is 0.211. The van der Waals surface area contributed by atoms with Crippen molar-refractivity contribution < 1.29 is 29.3 Å². The third-order valence-corrected chi connectivity index (χ3v) is 3.90. The number of benzene rings is 2. The minimum absolute atomic E-state index is 0.0250. The maximum absolute atomic E-state index is 11.5. The van der Waals surface area contributed by atoms with Crippen LogP contribution < -0.4 is 11.1 Å². The van der Waals surface area contributed by atoms with Gasteiger partial charge in [0.25, 0.3) is 0 Å². The summed E-state index contributed by atoms with van der Waals surface area (Å²) in [6, 6.07) is 16.1. The molecule has 2 aromatic rings. The number of aliphatic carboxylic acids is 2. The second-order valence-electron chi connectivity index (χ2n) is 5.67. The molecule has 0 fully saturated rings. The number of carboxylic acids is 2. The zero-order valence-corrected chi connectivity index (χ0v) is 14.4. The van der Waals surface area contributed by atoms with E-state index in [0.29, 0.717) is 0 Å². The van der Waals surface area contributed by atoms with Gasteiger partial charge in [-0.15, -0.1) is 0 Å². The Morgan fingerprint density at radius 2 is 1.41 bits per heavy atom. The monoisotopic (exact) mass is 372 g/mol. The van der Waals surface area contributed by atoms with E-state index in [4.69, 9.17) is 14.9 Å². The molecule has 0 heterocycles. The molecule has 0 unspecified atom stereocenters. The summed E-state index contributed by atoms with van der Waals surface area (Å²) in [5.74, 6) is -2.10. The first-order chi connectivity index (χ1) is 12.9. The lowest BCUT2D eigenvalue weighted by atomic mass is 9.98. The molecule has 0 spiro atoms. The molecule has 0 saturated heterocycles. The largest absolute Gasteiger partial charge is 0.480 e. The Morgan fingerprint density at radius 1 is 0.926 bits per heavy atom. The highest BCUT2D eigenvalue weighted by Gasteiger charge is 2.28. The molecule has 1 aliphatic rings. The van der Waals surface area contributed by atoms with E-state index in [0.717, 1.165) is 22.3 Å². The molecule has 2 aromatic carbocycles. The number of rotatable bonds is 5. The van der Waals surface area contributed by atoms with Gasteiger partial charge in [0.1, 0.15) is 13.2 Å². The van der Waals surface area contributed by atoms with Crippen LogP contribution in [0.25, 0.3) is 11.1 Å². The molecule has 1 amide bonds. The average molecular weight is 372 g/mol. The zero-order valence-electron chi connectivity index (χ0n) is 14.4. The highest BCUT2D eigenvalue weighted by molar-refractivity contribution is 5.79. The van der Waals surface area contributed by atoms with Gasteiger partial charge in [0.2, 0.25) is 0 Å². The molecule has 0 bridgehead atoms. The molecule has 0 saturated carbocycles. The highest BCUT2D eigenvalue weighted by Crippen LogP contribution is 2.44.